The molecule has 16 nitrogen and oxygen atoms in total. The van der Waals surface area contributed by atoms with Crippen LogP contribution < -0.4 is 34.3 Å². The molecule has 0 saturated heterocycles. The van der Waals surface area contributed by atoms with E-state index in [9.17, 15) is 0 Å². The third-order valence-electron chi connectivity index (χ3n) is 20.4. The molecule has 0 bridgehead atoms. The first-order valence-electron chi connectivity index (χ1n) is 41.6. The van der Waals surface area contributed by atoms with Crippen LogP contribution in [0.3, 0.4) is 0 Å². The zero-order chi connectivity index (χ0) is 87.3. The molecule has 1 radical (unpaired) electrons. The van der Waals surface area contributed by atoms with Gasteiger partial charge in [0.05, 0.1) is 5.69 Å². The van der Waals surface area contributed by atoms with Crippen molar-refractivity contribution in [2.45, 2.75) is 13.8 Å². The summed E-state index contributed by atoms with van der Waals surface area (Å²) in [5.74, 6) is 0. The smallest absolute Gasteiger partial charge is 0.510 e. The Morgan fingerprint density at radius 1 is 0.260 bits per heavy atom. The van der Waals surface area contributed by atoms with E-state index in [1.165, 1.54) is 67.3 Å². The number of hydrogen-bond acceptors (Lipinski definition) is 13. The van der Waals surface area contributed by atoms with Crippen molar-refractivity contribution in [1.82, 2.24) is 44.0 Å². The van der Waals surface area contributed by atoms with Crippen LogP contribution in [0, 0.1) is 95.7 Å². The molecule has 5 aliphatic heterocycles. The maximum Gasteiger partial charge on any atom is 3.00 e. The quantitative estimate of drug-likeness (QED) is 0.109. The molecule has 20 heteroatoms. The van der Waals surface area contributed by atoms with Crippen LogP contribution in [0.4, 0.5) is 51.2 Å². The number of aromatic nitrogens is 6. The molecule has 0 aliphatic carbocycles. The molecule has 3 aromatic heterocycles. The number of anilines is 9. The van der Waals surface area contributed by atoms with E-state index < -0.39 is 0 Å². The summed E-state index contributed by atoms with van der Waals surface area (Å²) >= 11 is 0. The van der Waals surface area contributed by atoms with Gasteiger partial charge in [-0.15, -0.1) is 93.2 Å². The van der Waals surface area contributed by atoms with Gasteiger partial charge < -0.3 is 49.0 Å². The number of rotatable bonds is 12. The molecule has 659 valence electrons. The van der Waals surface area contributed by atoms with Crippen LogP contribution >= 0.6 is 0 Å². The van der Waals surface area contributed by atoms with Gasteiger partial charge in [-0.2, -0.15) is 225 Å². The average Bonchev–Trinajstić information content (AvgIpc) is 1.65. The fraction of sp³-hybridized carbons (Fsp3) is 0.0631. The molecule has 0 amide bonds. The molecule has 131 heavy (non-hydrogen) atoms. The van der Waals surface area contributed by atoms with Crippen molar-refractivity contribution in [3.8, 4) is 61.6 Å². The first-order valence-corrected chi connectivity index (χ1v) is 41.6. The van der Waals surface area contributed by atoms with E-state index in [0.717, 1.165) is 56.9 Å². The Hall–Kier alpha value is -13.5. The van der Waals surface area contributed by atoms with Crippen molar-refractivity contribution >= 4 is 51.2 Å². The predicted octanol–water partition coefficient (Wildman–Crippen LogP) is 24.2. The van der Waals surface area contributed by atoms with E-state index in [-0.39, 0.29) is 80.4 Å². The van der Waals surface area contributed by atoms with Crippen LogP contribution in [-0.2, 0) is 80.4 Å². The maximum atomic E-state index is 4.37. The summed E-state index contributed by atoms with van der Waals surface area (Å²) in [6, 6.07) is 146. The minimum atomic E-state index is 0. The molecule has 22 rings (SSSR count). The third kappa shape index (κ3) is 27.1. The van der Waals surface area contributed by atoms with E-state index in [2.05, 4.69) is 338 Å². The number of aryl methyl sites for hydroxylation is 2. The van der Waals surface area contributed by atoms with Crippen molar-refractivity contribution in [2.24, 2.45) is 0 Å². The standard InChI is InChI=1S/C20H16N2.3C16H14N2.C14H12N2.C11H11N2.2C9H7N2.4Ir/c1-21-15-22(20-10-6-5-9-19(20)21)18-13-11-17(12-14-18)16-7-3-2-4-8-16;3*1-17-11-12-18(13-17)16-9-7-15(8-10-16)14-5-3-2-4-6-14;1-15-11-16(12-7-3-2-4-8-12)14-10-6-5-9-13(14)15;1-9-8-10(2)13(12-9)11-6-4-3-5-7-11;2*1-2-5-9(6-3-1)11-8-4-7-10-11;;;;/h2-13,15H,1H3;3*2-9,11-13H,1H3;2-7,9-11H,1H3;3-6,8H,1-2H3;2*1-5,7-8H;;;;/q5*-2;3*-1;;3*+3. The fourth-order valence-corrected chi connectivity index (χ4v) is 14.0. The fourth-order valence-electron chi connectivity index (χ4n) is 14.0. The number of para-hydroxylation sites is 8. The summed E-state index contributed by atoms with van der Waals surface area (Å²) in [6.45, 7) is 14.3. The Labute approximate surface area is 826 Å². The molecular weight excluding hydrogens is 2330 g/mol. The molecule has 0 saturated carbocycles. The van der Waals surface area contributed by atoms with E-state index in [1.54, 1.807) is 21.8 Å². The molecule has 0 atom stereocenters. The van der Waals surface area contributed by atoms with Gasteiger partial charge in [-0.05, 0) is 146 Å². The Bertz CT molecular complexity index is 5910. The largest absolute Gasteiger partial charge is 3.00 e. The first-order chi connectivity index (χ1) is 62.4. The van der Waals surface area contributed by atoms with Crippen LogP contribution in [0.15, 0.2) is 420 Å². The number of hydrogen-bond donors (Lipinski definition) is 0. The number of fused-ring (bicyclic) bond motifs is 2. The van der Waals surface area contributed by atoms with Gasteiger partial charge in [-0.25, -0.2) is 0 Å². The zero-order valence-corrected chi connectivity index (χ0v) is 82.8. The molecule has 0 unspecified atom stereocenters. The average molecular weight is 2420 g/mol. The Balaban J connectivity index is 0.000000145. The van der Waals surface area contributed by atoms with Gasteiger partial charge in [0, 0.05) is 73.3 Å². The van der Waals surface area contributed by atoms with Crippen molar-refractivity contribution in [2.75, 3.05) is 69.5 Å². The molecule has 0 spiro atoms. The van der Waals surface area contributed by atoms with Crippen LogP contribution in [-0.4, -0.2) is 79.3 Å². The van der Waals surface area contributed by atoms with Gasteiger partial charge in [0.2, 0.25) is 0 Å². The van der Waals surface area contributed by atoms with Crippen molar-refractivity contribution in [3.05, 3.63) is 513 Å². The maximum absolute atomic E-state index is 4.37. The molecule has 8 heterocycles. The minimum absolute atomic E-state index is 0. The summed E-state index contributed by atoms with van der Waals surface area (Å²) in [7, 11) is 10.2. The summed E-state index contributed by atoms with van der Waals surface area (Å²) in [5.41, 5.74) is 24.8. The van der Waals surface area contributed by atoms with Gasteiger partial charge in [-0.1, -0.05) is 168 Å². The second kappa shape index (κ2) is 49.9. The summed E-state index contributed by atoms with van der Waals surface area (Å²) in [6.07, 6.45) is 19.4. The van der Waals surface area contributed by atoms with Crippen LogP contribution in [0.5, 0.6) is 0 Å². The Morgan fingerprint density at radius 2 is 0.550 bits per heavy atom. The Morgan fingerprint density at radius 3 is 0.817 bits per heavy atom. The molecule has 5 aliphatic rings. The Kier molecular flexibility index (Phi) is 37.4. The predicted molar refractivity (Wildman–Crippen MR) is 518 cm³/mol. The van der Waals surface area contributed by atoms with Crippen LogP contribution in [0.1, 0.15) is 11.4 Å². The van der Waals surface area contributed by atoms with E-state index in [0.29, 0.717) is 0 Å². The zero-order valence-electron chi connectivity index (χ0n) is 73.2. The van der Waals surface area contributed by atoms with Gasteiger partial charge in [0.15, 0.2) is 0 Å². The van der Waals surface area contributed by atoms with Crippen LogP contribution in [0.25, 0.3) is 61.6 Å². The van der Waals surface area contributed by atoms with Crippen molar-refractivity contribution in [3.63, 3.8) is 0 Å². The normalized spacial score (nSPS) is 12.5. The summed E-state index contributed by atoms with van der Waals surface area (Å²) in [5, 5.41) is 12.5. The van der Waals surface area contributed by atoms with E-state index in [1.807, 2.05) is 270 Å². The first kappa shape index (κ1) is 98.1. The van der Waals surface area contributed by atoms with Gasteiger partial charge in [0.25, 0.3) is 0 Å². The SMILES string of the molecule is CN1C=CN(c2[c-]cc(-c3ccccc3)cc2)[CH-]1.CN1C=CN(c2[c-]cc(-c3ccccc3)cc2)[CH-]1.CN1C=CN(c2[c-]cc(-c3ccccc3)cc2)[CH-]1.CN1[CH-]N(c2[c-]cc(-c3ccccc3)cc2)c2ccccc21.CN1[CH-]N(c2[c-]cccc2)c2ccccc21.Cc1cc(C)n(-c2[c-]cccc2)n1.[Ir+3].[Ir+3].[Ir+3].[Ir].[c-]1ccccc1-n1cccn1.[c-]1ccccc1-n1cccn1. The van der Waals surface area contributed by atoms with E-state index >= 15 is 0 Å². The van der Waals surface area contributed by atoms with Crippen LogP contribution in [0.2, 0.25) is 0 Å². The van der Waals surface area contributed by atoms with Crippen molar-refractivity contribution in [1.29, 1.82) is 0 Å². The molecule has 0 N–H and O–H groups in total. The molecule has 17 aromatic rings. The topological polar surface area (TPSA) is 85.9 Å². The third-order valence-corrected chi connectivity index (χ3v) is 20.4. The van der Waals surface area contributed by atoms with Gasteiger partial charge >= 0.3 is 60.3 Å². The molecule has 14 aromatic carbocycles. The minimum Gasteiger partial charge on any atom is -0.510 e. The summed E-state index contributed by atoms with van der Waals surface area (Å²) in [4.78, 5) is 20.8. The van der Waals surface area contributed by atoms with Gasteiger partial charge in [0.1, 0.15) is 0 Å². The van der Waals surface area contributed by atoms with Gasteiger partial charge in [-0.3, -0.25) is 14.0 Å². The molecular formula is C111H95Ir4N16-4. The second-order valence-corrected chi connectivity index (χ2v) is 29.7. The monoisotopic (exact) mass is 2420 g/mol. The number of benzene rings is 14. The van der Waals surface area contributed by atoms with Crippen molar-refractivity contribution < 1.29 is 80.4 Å². The second-order valence-electron chi connectivity index (χ2n) is 29.7. The number of nitrogens with zero attached hydrogens (tertiary/aromatic N) is 16. The molecule has 0 fully saturated rings. The summed E-state index contributed by atoms with van der Waals surface area (Å²) < 4.78 is 5.45. The van der Waals surface area contributed by atoms with E-state index in [4.69, 9.17) is 0 Å².